The van der Waals surface area contributed by atoms with Crippen molar-refractivity contribution in [3.05, 3.63) is 53.2 Å². The number of aryl methyl sites for hydroxylation is 2. The second-order valence-corrected chi connectivity index (χ2v) is 6.72. The van der Waals surface area contributed by atoms with Gasteiger partial charge in [0.15, 0.2) is 6.20 Å². The summed E-state index contributed by atoms with van der Waals surface area (Å²) in [5, 5.41) is 0. The fourth-order valence-corrected chi connectivity index (χ4v) is 4.44. The van der Waals surface area contributed by atoms with E-state index in [1.807, 2.05) is 0 Å². The average Bonchev–Trinajstić information content (AvgIpc) is 2.55. The molecule has 1 nitrogen and oxygen atoms in total. The molecule has 0 atom stereocenters. The molecular formula is C20H24N+. The van der Waals surface area contributed by atoms with Crippen LogP contribution in [0.4, 0.5) is 0 Å². The highest BCUT2D eigenvalue weighted by Crippen LogP contribution is 2.50. The number of hydrogen-bond acceptors (Lipinski definition) is 0. The van der Waals surface area contributed by atoms with Crippen LogP contribution in [0.25, 0.3) is 11.3 Å². The van der Waals surface area contributed by atoms with E-state index in [1.54, 1.807) is 11.1 Å². The van der Waals surface area contributed by atoms with Gasteiger partial charge in [-0.05, 0) is 80.2 Å². The lowest BCUT2D eigenvalue weighted by Gasteiger charge is -2.38. The standard InChI is InChI=1S/C20H24N/c1-3-21-11-5-4-6-20(21)17-13-19-16-9-7-15(8-10-16)18(19)12-14(17)2/h4-6,11-13,15-16H,3,7-10H2,1-2H3/q+1. The first kappa shape index (κ1) is 13.1. The van der Waals surface area contributed by atoms with Gasteiger partial charge in [0.2, 0.25) is 5.69 Å². The molecule has 0 N–H and O–H groups in total. The van der Waals surface area contributed by atoms with Gasteiger partial charge < -0.3 is 0 Å². The monoisotopic (exact) mass is 278 g/mol. The van der Waals surface area contributed by atoms with Crippen molar-refractivity contribution in [1.29, 1.82) is 0 Å². The van der Waals surface area contributed by atoms with E-state index in [0.29, 0.717) is 0 Å². The average molecular weight is 278 g/mol. The molecule has 2 bridgehead atoms. The smallest absolute Gasteiger partial charge is 0.199 e. The summed E-state index contributed by atoms with van der Waals surface area (Å²) in [7, 11) is 0. The van der Waals surface area contributed by atoms with Crippen molar-refractivity contribution < 1.29 is 4.57 Å². The fraction of sp³-hybridized carbons (Fsp3) is 0.450. The van der Waals surface area contributed by atoms with Gasteiger partial charge in [-0.25, -0.2) is 0 Å². The highest BCUT2D eigenvalue weighted by Gasteiger charge is 2.33. The highest BCUT2D eigenvalue weighted by molar-refractivity contribution is 5.64. The summed E-state index contributed by atoms with van der Waals surface area (Å²) in [5.41, 5.74) is 7.56. The normalized spacial score (nSPS) is 23.1. The van der Waals surface area contributed by atoms with E-state index in [0.717, 1.165) is 18.4 Å². The first-order chi connectivity index (χ1) is 10.3. The fourth-order valence-electron chi connectivity index (χ4n) is 4.44. The largest absolute Gasteiger partial charge is 0.212 e. The molecule has 1 heteroatoms. The van der Waals surface area contributed by atoms with Crippen molar-refractivity contribution in [2.75, 3.05) is 0 Å². The third-order valence-corrected chi connectivity index (χ3v) is 5.59. The summed E-state index contributed by atoms with van der Waals surface area (Å²) in [6.45, 7) is 5.53. The van der Waals surface area contributed by atoms with E-state index < -0.39 is 0 Å². The minimum absolute atomic E-state index is 0.822. The van der Waals surface area contributed by atoms with E-state index >= 15 is 0 Å². The number of benzene rings is 1. The zero-order chi connectivity index (χ0) is 14.4. The second kappa shape index (κ2) is 4.98. The van der Waals surface area contributed by atoms with Gasteiger partial charge in [0.1, 0.15) is 6.54 Å². The zero-order valence-corrected chi connectivity index (χ0v) is 13.1. The van der Waals surface area contributed by atoms with E-state index in [1.165, 1.54) is 42.5 Å². The first-order valence-electron chi connectivity index (χ1n) is 8.41. The molecule has 3 aliphatic rings. The molecule has 3 aliphatic carbocycles. The Morgan fingerprint density at radius 2 is 1.67 bits per heavy atom. The molecule has 0 unspecified atom stereocenters. The molecule has 1 saturated carbocycles. The van der Waals surface area contributed by atoms with Crippen LogP contribution in [0.1, 0.15) is 61.1 Å². The number of pyridine rings is 1. The lowest BCUT2D eigenvalue weighted by atomic mass is 9.66. The number of rotatable bonds is 2. The molecule has 1 aromatic heterocycles. The van der Waals surface area contributed by atoms with Crippen molar-refractivity contribution in [3.8, 4) is 11.3 Å². The Labute approximate surface area is 127 Å². The zero-order valence-electron chi connectivity index (χ0n) is 13.1. The molecule has 1 aromatic carbocycles. The van der Waals surface area contributed by atoms with Crippen LogP contribution in [0.2, 0.25) is 0 Å². The minimum atomic E-state index is 0.822. The van der Waals surface area contributed by atoms with E-state index in [4.69, 9.17) is 0 Å². The van der Waals surface area contributed by atoms with Crippen molar-refractivity contribution in [2.45, 2.75) is 57.9 Å². The Bertz CT molecular complexity index is 678. The van der Waals surface area contributed by atoms with Gasteiger partial charge in [-0.2, -0.15) is 4.57 Å². The van der Waals surface area contributed by atoms with Gasteiger partial charge in [-0.3, -0.25) is 0 Å². The molecule has 21 heavy (non-hydrogen) atoms. The number of fused-ring (bicyclic) bond motifs is 2. The van der Waals surface area contributed by atoms with Gasteiger partial charge >= 0.3 is 0 Å². The summed E-state index contributed by atoms with van der Waals surface area (Å²) in [5.74, 6) is 1.66. The molecule has 0 spiro atoms. The van der Waals surface area contributed by atoms with Crippen LogP contribution >= 0.6 is 0 Å². The summed E-state index contributed by atoms with van der Waals surface area (Å²) < 4.78 is 2.36. The maximum Gasteiger partial charge on any atom is 0.212 e. The van der Waals surface area contributed by atoms with Crippen LogP contribution < -0.4 is 4.57 Å². The molecule has 0 amide bonds. The Morgan fingerprint density at radius 3 is 2.33 bits per heavy atom. The number of aromatic nitrogens is 1. The van der Waals surface area contributed by atoms with Gasteiger partial charge in [-0.1, -0.05) is 6.07 Å². The van der Waals surface area contributed by atoms with Gasteiger partial charge in [0.05, 0.1) is 0 Å². The summed E-state index contributed by atoms with van der Waals surface area (Å²) in [4.78, 5) is 0. The third-order valence-electron chi connectivity index (χ3n) is 5.59. The van der Waals surface area contributed by atoms with Crippen LogP contribution in [0.5, 0.6) is 0 Å². The molecular weight excluding hydrogens is 254 g/mol. The predicted molar refractivity (Wildman–Crippen MR) is 86.4 cm³/mol. The molecule has 108 valence electrons. The summed E-state index contributed by atoms with van der Waals surface area (Å²) >= 11 is 0. The molecule has 2 aromatic rings. The highest BCUT2D eigenvalue weighted by atomic mass is 14.9. The van der Waals surface area contributed by atoms with Crippen molar-refractivity contribution in [3.63, 3.8) is 0 Å². The minimum Gasteiger partial charge on any atom is -0.199 e. The molecule has 1 fully saturated rings. The predicted octanol–water partition coefficient (Wildman–Crippen LogP) is 4.72. The van der Waals surface area contributed by atoms with Gasteiger partial charge in [0.25, 0.3) is 0 Å². The Morgan fingerprint density at radius 1 is 1.00 bits per heavy atom. The maximum atomic E-state index is 2.52. The Balaban J connectivity index is 1.89. The second-order valence-electron chi connectivity index (χ2n) is 6.72. The Hall–Kier alpha value is -1.63. The lowest BCUT2D eigenvalue weighted by molar-refractivity contribution is -0.682. The molecule has 0 saturated heterocycles. The van der Waals surface area contributed by atoms with Crippen LogP contribution in [-0.2, 0) is 6.54 Å². The van der Waals surface area contributed by atoms with E-state index in [2.05, 4.69) is 54.9 Å². The summed E-state index contributed by atoms with van der Waals surface area (Å²) in [6, 6.07) is 11.6. The molecule has 0 aliphatic heterocycles. The maximum absolute atomic E-state index is 2.52. The van der Waals surface area contributed by atoms with Crippen molar-refractivity contribution in [1.82, 2.24) is 0 Å². The van der Waals surface area contributed by atoms with Crippen LogP contribution in [0.15, 0.2) is 36.5 Å². The third kappa shape index (κ3) is 2.02. The topological polar surface area (TPSA) is 3.88 Å². The quantitative estimate of drug-likeness (QED) is 0.700. The van der Waals surface area contributed by atoms with Crippen molar-refractivity contribution in [2.24, 2.45) is 0 Å². The van der Waals surface area contributed by atoms with E-state index in [9.17, 15) is 0 Å². The van der Waals surface area contributed by atoms with Gasteiger partial charge in [-0.15, -0.1) is 0 Å². The van der Waals surface area contributed by atoms with Gasteiger partial charge in [0, 0.05) is 17.7 Å². The van der Waals surface area contributed by atoms with Crippen molar-refractivity contribution >= 4 is 0 Å². The first-order valence-corrected chi connectivity index (χ1v) is 8.41. The summed E-state index contributed by atoms with van der Waals surface area (Å²) in [6.07, 6.45) is 7.83. The molecule has 5 rings (SSSR count). The van der Waals surface area contributed by atoms with Crippen LogP contribution in [0, 0.1) is 6.92 Å². The van der Waals surface area contributed by atoms with Crippen LogP contribution in [-0.4, -0.2) is 0 Å². The SMILES string of the molecule is CC[n+]1ccccc1-c1cc2c(cc1C)C1CCC2CC1. The number of nitrogens with zero attached hydrogens (tertiary/aromatic N) is 1. The lowest BCUT2D eigenvalue weighted by Crippen LogP contribution is -2.34. The van der Waals surface area contributed by atoms with Crippen LogP contribution in [0.3, 0.4) is 0 Å². The molecule has 1 heterocycles. The van der Waals surface area contributed by atoms with E-state index in [-0.39, 0.29) is 0 Å². The Kier molecular flexibility index (Phi) is 3.10. The molecule has 0 radical (unpaired) electrons. The number of hydrogen-bond donors (Lipinski definition) is 0.